The molecule has 8 nitrogen and oxygen atoms in total. The Bertz CT molecular complexity index is 935. The van der Waals surface area contributed by atoms with Crippen molar-refractivity contribution in [3.05, 3.63) is 28.8 Å². The number of hydrogen-bond donors (Lipinski definition) is 3. The fourth-order valence-corrected chi connectivity index (χ4v) is 5.11. The lowest BCUT2D eigenvalue weighted by molar-refractivity contribution is -0.145. The van der Waals surface area contributed by atoms with Gasteiger partial charge in [-0.3, -0.25) is 29.4 Å². The highest BCUT2D eigenvalue weighted by Gasteiger charge is 2.70. The second-order valence-corrected chi connectivity index (χ2v) is 8.38. The Hall–Kier alpha value is -2.45. The fourth-order valence-electron chi connectivity index (χ4n) is 4.94. The van der Waals surface area contributed by atoms with Crippen LogP contribution in [0.5, 0.6) is 0 Å². The molecule has 1 aromatic rings. The predicted molar refractivity (Wildman–Crippen MR) is 104 cm³/mol. The molecule has 0 bridgehead atoms. The van der Waals surface area contributed by atoms with Crippen molar-refractivity contribution in [3.63, 3.8) is 0 Å². The summed E-state index contributed by atoms with van der Waals surface area (Å²) in [4.78, 5) is 52.2. The lowest BCUT2D eigenvalue weighted by Gasteiger charge is -2.31. The van der Waals surface area contributed by atoms with Crippen molar-refractivity contribution < 1.29 is 24.3 Å². The van der Waals surface area contributed by atoms with Crippen LogP contribution in [0.25, 0.3) is 0 Å². The molecule has 3 aliphatic rings. The van der Waals surface area contributed by atoms with E-state index in [4.69, 9.17) is 16.7 Å². The molecule has 9 heteroatoms. The van der Waals surface area contributed by atoms with Gasteiger partial charge in [0, 0.05) is 34.8 Å². The number of anilines is 1. The minimum atomic E-state index is -1.44. The summed E-state index contributed by atoms with van der Waals surface area (Å²) in [6.07, 6.45) is 0.548. The summed E-state index contributed by atoms with van der Waals surface area (Å²) in [7, 11) is 0. The topological polar surface area (TPSA) is 116 Å². The summed E-state index contributed by atoms with van der Waals surface area (Å²) in [5.74, 6) is -3.91. The normalized spacial score (nSPS) is 31.2. The monoisotopic (exact) mass is 419 g/mol. The highest BCUT2D eigenvalue weighted by Crippen LogP contribution is 2.54. The Morgan fingerprint density at radius 3 is 2.69 bits per heavy atom. The van der Waals surface area contributed by atoms with Crippen LogP contribution in [0.15, 0.2) is 18.2 Å². The third-order valence-corrected chi connectivity index (χ3v) is 6.65. The van der Waals surface area contributed by atoms with E-state index in [0.29, 0.717) is 22.7 Å². The van der Waals surface area contributed by atoms with Gasteiger partial charge in [0.15, 0.2) is 0 Å². The number of benzene rings is 1. The molecule has 3 N–H and O–H groups in total. The zero-order valence-electron chi connectivity index (χ0n) is 16.1. The van der Waals surface area contributed by atoms with Gasteiger partial charge in [-0.2, -0.15) is 0 Å². The molecule has 154 valence electrons. The summed E-state index contributed by atoms with van der Waals surface area (Å²) in [6.45, 7) is 3.68. The zero-order chi connectivity index (χ0) is 21.1. The van der Waals surface area contributed by atoms with E-state index in [9.17, 15) is 19.2 Å². The first-order valence-electron chi connectivity index (χ1n) is 9.70. The molecule has 2 saturated heterocycles. The van der Waals surface area contributed by atoms with E-state index in [0.717, 1.165) is 0 Å². The number of amides is 3. The van der Waals surface area contributed by atoms with Crippen molar-refractivity contribution in [2.45, 2.75) is 50.7 Å². The highest BCUT2D eigenvalue weighted by molar-refractivity contribution is 6.31. The molecule has 0 saturated carbocycles. The van der Waals surface area contributed by atoms with Crippen LogP contribution in [0.3, 0.4) is 0 Å². The number of halogens is 1. The number of rotatable bonds is 5. The van der Waals surface area contributed by atoms with E-state index in [-0.39, 0.29) is 24.8 Å². The highest BCUT2D eigenvalue weighted by atomic mass is 35.5. The van der Waals surface area contributed by atoms with Gasteiger partial charge in [0.1, 0.15) is 5.54 Å². The van der Waals surface area contributed by atoms with Gasteiger partial charge >= 0.3 is 5.97 Å². The number of carbonyl (C=O) groups is 4. The SMILES string of the molecule is CC[C@H](C)N1C(=O)[C@H]2[C@H](CCC(=O)O)N[C@@]3(C(=O)Nc4ccc(Cl)cc43)[C@@H]2C1=O. The van der Waals surface area contributed by atoms with Crippen LogP contribution in [0, 0.1) is 11.8 Å². The van der Waals surface area contributed by atoms with E-state index in [1.807, 2.05) is 6.92 Å². The third-order valence-electron chi connectivity index (χ3n) is 6.41. The summed E-state index contributed by atoms with van der Waals surface area (Å²) in [5.41, 5.74) is -0.384. The molecule has 3 amide bonds. The van der Waals surface area contributed by atoms with Crippen molar-refractivity contribution in [1.82, 2.24) is 10.2 Å². The van der Waals surface area contributed by atoms with Crippen LogP contribution in [0.4, 0.5) is 5.69 Å². The first-order valence-corrected chi connectivity index (χ1v) is 10.1. The van der Waals surface area contributed by atoms with Crippen LogP contribution in [-0.4, -0.2) is 45.8 Å². The number of imide groups is 1. The number of carbonyl (C=O) groups excluding carboxylic acids is 3. The van der Waals surface area contributed by atoms with Gasteiger partial charge in [-0.25, -0.2) is 0 Å². The van der Waals surface area contributed by atoms with Crippen molar-refractivity contribution in [2.75, 3.05) is 5.32 Å². The van der Waals surface area contributed by atoms with E-state index in [1.165, 1.54) is 4.90 Å². The lowest BCUT2D eigenvalue weighted by atomic mass is 9.76. The number of carboxylic acid groups (broad SMARTS) is 1. The Morgan fingerprint density at radius 2 is 2.03 bits per heavy atom. The van der Waals surface area contributed by atoms with Gasteiger partial charge in [0.25, 0.3) is 0 Å². The maximum atomic E-state index is 13.4. The molecule has 29 heavy (non-hydrogen) atoms. The largest absolute Gasteiger partial charge is 0.481 e. The van der Waals surface area contributed by atoms with Crippen LogP contribution in [0.2, 0.25) is 5.02 Å². The summed E-state index contributed by atoms with van der Waals surface area (Å²) in [5, 5.41) is 15.5. The Balaban J connectivity index is 1.85. The van der Waals surface area contributed by atoms with E-state index in [1.54, 1.807) is 25.1 Å². The van der Waals surface area contributed by atoms with Crippen molar-refractivity contribution >= 4 is 41.0 Å². The second kappa shape index (κ2) is 6.81. The average molecular weight is 420 g/mol. The summed E-state index contributed by atoms with van der Waals surface area (Å²) in [6, 6.07) is 4.01. The quantitative estimate of drug-likeness (QED) is 0.626. The number of nitrogens with one attached hydrogen (secondary N) is 2. The molecule has 1 aromatic carbocycles. The van der Waals surface area contributed by atoms with Gasteiger partial charge in [0.2, 0.25) is 17.7 Å². The number of nitrogens with zero attached hydrogens (tertiary/aromatic N) is 1. The molecule has 0 unspecified atom stereocenters. The molecule has 4 rings (SSSR count). The number of fused-ring (bicyclic) bond motifs is 4. The van der Waals surface area contributed by atoms with Gasteiger partial charge in [-0.1, -0.05) is 18.5 Å². The maximum Gasteiger partial charge on any atom is 0.303 e. The molecule has 2 fully saturated rings. The Morgan fingerprint density at radius 1 is 1.31 bits per heavy atom. The number of hydrogen-bond acceptors (Lipinski definition) is 5. The van der Waals surface area contributed by atoms with Crippen molar-refractivity contribution in [3.8, 4) is 0 Å². The van der Waals surface area contributed by atoms with E-state index >= 15 is 0 Å². The fraction of sp³-hybridized carbons (Fsp3) is 0.500. The minimum absolute atomic E-state index is 0.134. The second-order valence-electron chi connectivity index (χ2n) is 7.94. The zero-order valence-corrected chi connectivity index (χ0v) is 16.8. The summed E-state index contributed by atoms with van der Waals surface area (Å²) >= 11 is 6.17. The first-order chi connectivity index (χ1) is 13.7. The van der Waals surface area contributed by atoms with Crippen molar-refractivity contribution in [1.29, 1.82) is 0 Å². The molecule has 0 radical (unpaired) electrons. The van der Waals surface area contributed by atoms with Crippen molar-refractivity contribution in [2.24, 2.45) is 11.8 Å². The standard InChI is InChI=1S/C20H22ClN3O5/c1-3-9(2)24-17(27)15-13(6-7-14(25)26)23-20(16(15)18(24)28)11-8-10(21)4-5-12(11)22-19(20)29/h4-5,8-9,13,15-16,23H,3,6-7H2,1-2H3,(H,22,29)(H,25,26)/t9-,13-,15-,16-,20+/m0/s1. The summed E-state index contributed by atoms with van der Waals surface area (Å²) < 4.78 is 0. The number of likely N-dealkylation sites (tertiary alicyclic amines) is 1. The Kier molecular flexibility index (Phi) is 4.66. The molecular weight excluding hydrogens is 398 g/mol. The average Bonchev–Trinajstić information content (AvgIpc) is 3.25. The van der Waals surface area contributed by atoms with Crippen LogP contribution < -0.4 is 10.6 Å². The predicted octanol–water partition coefficient (Wildman–Crippen LogP) is 1.72. The number of aliphatic carboxylic acids is 1. The smallest absolute Gasteiger partial charge is 0.303 e. The minimum Gasteiger partial charge on any atom is -0.481 e. The molecule has 0 aliphatic carbocycles. The van der Waals surface area contributed by atoms with Gasteiger partial charge in [0.05, 0.1) is 11.8 Å². The van der Waals surface area contributed by atoms with Crippen LogP contribution in [0.1, 0.15) is 38.7 Å². The maximum absolute atomic E-state index is 13.4. The molecular formula is C20H22ClN3O5. The lowest BCUT2D eigenvalue weighted by Crippen LogP contribution is -2.54. The van der Waals surface area contributed by atoms with E-state index in [2.05, 4.69) is 10.6 Å². The first kappa shape index (κ1) is 19.8. The van der Waals surface area contributed by atoms with Gasteiger partial charge < -0.3 is 10.4 Å². The van der Waals surface area contributed by atoms with Gasteiger partial charge in [-0.05, 0) is 38.0 Å². The molecule has 0 aromatic heterocycles. The molecule has 1 spiro atoms. The molecule has 5 atom stereocenters. The Labute approximate surface area is 172 Å². The van der Waals surface area contributed by atoms with Crippen LogP contribution in [-0.2, 0) is 24.7 Å². The molecule has 3 heterocycles. The molecule has 3 aliphatic heterocycles. The third kappa shape index (κ3) is 2.69. The van der Waals surface area contributed by atoms with E-state index < -0.39 is 41.2 Å². The van der Waals surface area contributed by atoms with Gasteiger partial charge in [-0.15, -0.1) is 0 Å². The van der Waals surface area contributed by atoms with Crippen LogP contribution >= 0.6 is 11.6 Å². The number of carboxylic acids is 1.